The van der Waals surface area contributed by atoms with Crippen molar-refractivity contribution >= 4 is 17.6 Å². The van der Waals surface area contributed by atoms with Gasteiger partial charge in [0, 0.05) is 6.42 Å². The molecule has 0 saturated heterocycles. The second-order valence-corrected chi connectivity index (χ2v) is 6.38. The van der Waals surface area contributed by atoms with Crippen LogP contribution in [0.15, 0.2) is 30.3 Å². The number of carbonyl (C=O) groups is 1. The lowest BCUT2D eigenvalue weighted by Crippen LogP contribution is -2.10. The van der Waals surface area contributed by atoms with Crippen LogP contribution in [0.5, 0.6) is 17.2 Å². The van der Waals surface area contributed by atoms with Crippen LogP contribution in [-0.2, 0) is 11.2 Å². The van der Waals surface area contributed by atoms with Crippen molar-refractivity contribution in [3.8, 4) is 17.2 Å². The van der Waals surface area contributed by atoms with Crippen LogP contribution >= 0.6 is 11.6 Å². The van der Waals surface area contributed by atoms with Crippen molar-refractivity contribution in [2.24, 2.45) is 0 Å². The Morgan fingerprint density at radius 1 is 1.08 bits per heavy atom. The van der Waals surface area contributed by atoms with Crippen molar-refractivity contribution < 1.29 is 24.1 Å². The summed E-state index contributed by atoms with van der Waals surface area (Å²) >= 11 is 6.28. The van der Waals surface area contributed by atoms with Crippen molar-refractivity contribution in [3.63, 3.8) is 0 Å². The van der Waals surface area contributed by atoms with Crippen LogP contribution in [0.1, 0.15) is 23.1 Å². The Kier molecular flexibility index (Phi) is 7.16. The summed E-state index contributed by atoms with van der Waals surface area (Å²) in [6, 6.07) is 9.49. The Morgan fingerprint density at radius 2 is 1.81 bits per heavy atom. The smallest absolute Gasteiger partial charge is 0.303 e. The predicted octanol–water partition coefficient (Wildman–Crippen LogP) is 4.44. The van der Waals surface area contributed by atoms with Crippen molar-refractivity contribution in [3.05, 3.63) is 52.0 Å². The van der Waals surface area contributed by atoms with Gasteiger partial charge in [-0.2, -0.15) is 0 Å². The van der Waals surface area contributed by atoms with Gasteiger partial charge < -0.3 is 19.3 Å². The molecule has 5 nitrogen and oxygen atoms in total. The third-order valence-electron chi connectivity index (χ3n) is 3.85. The van der Waals surface area contributed by atoms with E-state index in [1.165, 1.54) is 7.11 Å². The van der Waals surface area contributed by atoms with E-state index in [4.69, 9.17) is 30.9 Å². The van der Waals surface area contributed by atoms with Gasteiger partial charge in [0.1, 0.15) is 19.0 Å². The van der Waals surface area contributed by atoms with Crippen LogP contribution in [0.4, 0.5) is 0 Å². The molecule has 0 fully saturated rings. The summed E-state index contributed by atoms with van der Waals surface area (Å²) in [5, 5.41) is 9.18. The highest BCUT2D eigenvalue weighted by molar-refractivity contribution is 6.32. The van der Waals surface area contributed by atoms with E-state index >= 15 is 0 Å². The quantitative estimate of drug-likeness (QED) is 0.653. The molecule has 0 spiro atoms. The average molecular weight is 379 g/mol. The van der Waals surface area contributed by atoms with E-state index in [9.17, 15) is 4.79 Å². The molecule has 0 aliphatic carbocycles. The standard InChI is InChI=1S/C20H23ClO5/c1-13-4-5-14(2)17(10-13)25-8-9-26-20-16(21)11-15(6-7-19(22)23)12-18(20)24-3/h4-5,10-12H,6-9H2,1-3H3,(H,22,23). The summed E-state index contributed by atoms with van der Waals surface area (Å²) in [7, 11) is 1.52. The van der Waals surface area contributed by atoms with Gasteiger partial charge in [0.05, 0.1) is 12.1 Å². The van der Waals surface area contributed by atoms with Crippen LogP contribution in [0.2, 0.25) is 5.02 Å². The van der Waals surface area contributed by atoms with Gasteiger partial charge in [-0.25, -0.2) is 0 Å². The van der Waals surface area contributed by atoms with Gasteiger partial charge >= 0.3 is 5.97 Å². The van der Waals surface area contributed by atoms with E-state index < -0.39 is 5.97 Å². The minimum atomic E-state index is -0.857. The van der Waals surface area contributed by atoms with E-state index in [1.54, 1.807) is 12.1 Å². The number of rotatable bonds is 9. The van der Waals surface area contributed by atoms with Crippen LogP contribution < -0.4 is 14.2 Å². The minimum Gasteiger partial charge on any atom is -0.493 e. The highest BCUT2D eigenvalue weighted by Crippen LogP contribution is 2.36. The van der Waals surface area contributed by atoms with Crippen LogP contribution in [0, 0.1) is 13.8 Å². The second-order valence-electron chi connectivity index (χ2n) is 5.97. The molecule has 0 aliphatic rings. The second kappa shape index (κ2) is 9.34. The Balaban J connectivity index is 1.98. The molecule has 0 bridgehead atoms. The summed E-state index contributed by atoms with van der Waals surface area (Å²) < 4.78 is 16.8. The first-order chi connectivity index (χ1) is 12.4. The Bertz CT molecular complexity index is 773. The SMILES string of the molecule is COc1cc(CCC(=O)O)cc(Cl)c1OCCOc1cc(C)ccc1C. The first-order valence-corrected chi connectivity index (χ1v) is 8.69. The fourth-order valence-electron chi connectivity index (χ4n) is 2.47. The molecule has 2 rings (SSSR count). The molecular formula is C20H23ClO5. The molecule has 26 heavy (non-hydrogen) atoms. The van der Waals surface area contributed by atoms with Crippen LogP contribution in [0.25, 0.3) is 0 Å². The number of methoxy groups -OCH3 is 1. The number of hydrogen-bond acceptors (Lipinski definition) is 4. The molecule has 140 valence electrons. The van der Waals surface area contributed by atoms with E-state index in [-0.39, 0.29) is 6.42 Å². The number of aliphatic carboxylic acids is 1. The predicted molar refractivity (Wildman–Crippen MR) is 101 cm³/mol. The molecular weight excluding hydrogens is 356 g/mol. The van der Waals surface area contributed by atoms with Crippen LogP contribution in [0.3, 0.4) is 0 Å². The molecule has 2 aromatic rings. The van der Waals surface area contributed by atoms with Gasteiger partial charge in [-0.15, -0.1) is 0 Å². The normalized spacial score (nSPS) is 10.5. The maximum atomic E-state index is 10.7. The van der Waals surface area contributed by atoms with E-state index in [1.807, 2.05) is 32.0 Å². The number of halogens is 1. The number of ether oxygens (including phenoxy) is 3. The largest absolute Gasteiger partial charge is 0.493 e. The molecule has 0 aliphatic heterocycles. The lowest BCUT2D eigenvalue weighted by molar-refractivity contribution is -0.136. The van der Waals surface area contributed by atoms with Crippen molar-refractivity contribution in [2.75, 3.05) is 20.3 Å². The average Bonchev–Trinajstić information content (AvgIpc) is 2.60. The number of carboxylic acids is 1. The van der Waals surface area contributed by atoms with Crippen molar-refractivity contribution in [1.82, 2.24) is 0 Å². The molecule has 0 aromatic heterocycles. The van der Waals surface area contributed by atoms with Gasteiger partial charge in [-0.05, 0) is 55.2 Å². The summed E-state index contributed by atoms with van der Waals surface area (Å²) in [5.74, 6) is 0.877. The van der Waals surface area contributed by atoms with Gasteiger partial charge in [0.15, 0.2) is 11.5 Å². The number of benzene rings is 2. The Morgan fingerprint density at radius 3 is 2.50 bits per heavy atom. The summed E-state index contributed by atoms with van der Waals surface area (Å²) in [6.07, 6.45) is 0.408. The molecule has 0 saturated carbocycles. The highest BCUT2D eigenvalue weighted by atomic mass is 35.5. The van der Waals surface area contributed by atoms with Gasteiger partial charge in [0.2, 0.25) is 0 Å². The first-order valence-electron chi connectivity index (χ1n) is 8.31. The summed E-state index contributed by atoms with van der Waals surface area (Å²) in [4.78, 5) is 10.7. The molecule has 0 heterocycles. The van der Waals surface area contributed by atoms with E-state index in [0.29, 0.717) is 36.2 Å². The van der Waals surface area contributed by atoms with Gasteiger partial charge in [0.25, 0.3) is 0 Å². The molecule has 6 heteroatoms. The molecule has 0 radical (unpaired) electrons. The lowest BCUT2D eigenvalue weighted by atomic mass is 10.1. The maximum absolute atomic E-state index is 10.7. The van der Waals surface area contributed by atoms with Gasteiger partial charge in [-0.3, -0.25) is 4.79 Å². The number of aryl methyl sites for hydroxylation is 3. The zero-order valence-electron chi connectivity index (χ0n) is 15.2. The minimum absolute atomic E-state index is 0.0311. The van der Waals surface area contributed by atoms with Gasteiger partial charge in [-0.1, -0.05) is 23.7 Å². The number of hydrogen-bond donors (Lipinski definition) is 1. The van der Waals surface area contributed by atoms with Crippen LogP contribution in [-0.4, -0.2) is 31.4 Å². The monoisotopic (exact) mass is 378 g/mol. The van der Waals surface area contributed by atoms with Crippen molar-refractivity contribution in [1.29, 1.82) is 0 Å². The Hall–Kier alpha value is -2.40. The molecule has 0 unspecified atom stereocenters. The topological polar surface area (TPSA) is 65.0 Å². The zero-order valence-corrected chi connectivity index (χ0v) is 15.9. The highest BCUT2D eigenvalue weighted by Gasteiger charge is 2.13. The third kappa shape index (κ3) is 5.56. The summed E-state index contributed by atoms with van der Waals surface area (Å²) in [5.41, 5.74) is 2.98. The fourth-order valence-corrected chi connectivity index (χ4v) is 2.75. The van der Waals surface area contributed by atoms with E-state index in [2.05, 4.69) is 0 Å². The first kappa shape index (κ1) is 19.9. The molecule has 0 atom stereocenters. The fraction of sp³-hybridized carbons (Fsp3) is 0.350. The van der Waals surface area contributed by atoms with Crippen molar-refractivity contribution in [2.45, 2.75) is 26.7 Å². The maximum Gasteiger partial charge on any atom is 0.303 e. The molecule has 2 aromatic carbocycles. The summed E-state index contributed by atoms with van der Waals surface area (Å²) in [6.45, 7) is 4.67. The number of carboxylic acid groups (broad SMARTS) is 1. The molecule has 0 amide bonds. The third-order valence-corrected chi connectivity index (χ3v) is 4.13. The molecule has 1 N–H and O–H groups in total. The lowest BCUT2D eigenvalue weighted by Gasteiger charge is -2.15. The van der Waals surface area contributed by atoms with E-state index in [0.717, 1.165) is 22.4 Å². The zero-order chi connectivity index (χ0) is 19.1. The Labute approximate surface area is 158 Å².